The third-order valence-corrected chi connectivity index (χ3v) is 4.88. The molecule has 2 aromatic heterocycles. The number of fused-ring (bicyclic) bond motifs is 1. The minimum atomic E-state index is -1.43. The van der Waals surface area contributed by atoms with Gasteiger partial charge in [-0.25, -0.2) is 4.79 Å². The van der Waals surface area contributed by atoms with Gasteiger partial charge in [-0.05, 0) is 5.56 Å². The van der Waals surface area contributed by atoms with Crippen LogP contribution in [0.3, 0.4) is 0 Å². The Morgan fingerprint density at radius 1 is 0.923 bits per heavy atom. The van der Waals surface area contributed by atoms with Crippen molar-refractivity contribution in [2.45, 2.75) is 5.54 Å². The lowest BCUT2D eigenvalue weighted by Gasteiger charge is -2.31. The first-order chi connectivity index (χ1) is 12.4. The number of benzene rings is 1. The molecule has 3 rings (SSSR count). The van der Waals surface area contributed by atoms with Gasteiger partial charge in [0.05, 0.1) is 36.4 Å². The molecule has 0 saturated heterocycles. The van der Waals surface area contributed by atoms with Gasteiger partial charge in [-0.2, -0.15) is 0 Å². The molecule has 0 fully saturated rings. The van der Waals surface area contributed by atoms with Gasteiger partial charge in [-0.3, -0.25) is 13.9 Å². The number of nitrogens with zero attached hydrogens (tertiary/aromatic N) is 3. The van der Waals surface area contributed by atoms with E-state index < -0.39 is 36.6 Å². The van der Waals surface area contributed by atoms with Crippen molar-refractivity contribution in [2.24, 2.45) is 14.1 Å². The molecular weight excluding hydrogens is 338 g/mol. The van der Waals surface area contributed by atoms with Gasteiger partial charge in [0.15, 0.2) is 0 Å². The lowest BCUT2D eigenvalue weighted by Crippen LogP contribution is -2.44. The van der Waals surface area contributed by atoms with Gasteiger partial charge < -0.3 is 19.9 Å². The summed E-state index contributed by atoms with van der Waals surface area (Å²) < 4.78 is 3.84. The summed E-state index contributed by atoms with van der Waals surface area (Å²) in [5.74, 6) is 0. The van der Waals surface area contributed by atoms with Crippen LogP contribution in [0.5, 0.6) is 0 Å². The van der Waals surface area contributed by atoms with E-state index in [0.29, 0.717) is 16.8 Å². The largest absolute Gasteiger partial charge is 0.394 e. The Balaban J connectivity index is 2.58. The van der Waals surface area contributed by atoms with Crippen LogP contribution >= 0.6 is 0 Å². The molecular formula is C18H21N3O5. The van der Waals surface area contributed by atoms with Crippen LogP contribution in [0.25, 0.3) is 22.2 Å². The first-order valence-electron chi connectivity index (χ1n) is 8.11. The molecule has 8 nitrogen and oxygen atoms in total. The summed E-state index contributed by atoms with van der Waals surface area (Å²) in [7, 11) is 2.94. The van der Waals surface area contributed by atoms with Crippen LogP contribution in [0, 0.1) is 0 Å². The van der Waals surface area contributed by atoms with E-state index in [2.05, 4.69) is 0 Å². The van der Waals surface area contributed by atoms with Crippen molar-refractivity contribution < 1.29 is 15.3 Å². The zero-order chi connectivity index (χ0) is 19.1. The van der Waals surface area contributed by atoms with Crippen molar-refractivity contribution in [3.05, 3.63) is 57.4 Å². The van der Waals surface area contributed by atoms with Gasteiger partial charge in [-0.15, -0.1) is 0 Å². The summed E-state index contributed by atoms with van der Waals surface area (Å²) in [5, 5.41) is 29.9. The quantitative estimate of drug-likeness (QED) is 0.562. The molecule has 0 radical (unpaired) electrons. The van der Waals surface area contributed by atoms with E-state index in [-0.39, 0.29) is 5.39 Å². The molecule has 3 aromatic rings. The Labute approximate surface area is 148 Å². The number of hydrogen-bond acceptors (Lipinski definition) is 5. The van der Waals surface area contributed by atoms with Gasteiger partial charge >= 0.3 is 5.69 Å². The molecule has 0 unspecified atom stereocenters. The van der Waals surface area contributed by atoms with Crippen LogP contribution in [-0.4, -0.2) is 48.8 Å². The highest BCUT2D eigenvalue weighted by Crippen LogP contribution is 2.32. The molecule has 0 saturated carbocycles. The molecule has 0 aliphatic rings. The van der Waals surface area contributed by atoms with E-state index >= 15 is 0 Å². The Morgan fingerprint density at radius 2 is 1.50 bits per heavy atom. The molecule has 0 aliphatic heterocycles. The second-order valence-corrected chi connectivity index (χ2v) is 6.38. The smallest absolute Gasteiger partial charge is 0.330 e. The summed E-state index contributed by atoms with van der Waals surface area (Å²) in [6.07, 6.45) is 1.52. The van der Waals surface area contributed by atoms with Gasteiger partial charge in [0.25, 0.3) is 5.56 Å². The number of aliphatic hydroxyl groups is 3. The normalized spacial score (nSPS) is 12.0. The Morgan fingerprint density at radius 3 is 2.04 bits per heavy atom. The molecule has 26 heavy (non-hydrogen) atoms. The average molecular weight is 359 g/mol. The second kappa shape index (κ2) is 6.56. The number of aliphatic hydroxyl groups excluding tert-OH is 3. The fraction of sp³-hybridized carbons (Fsp3) is 0.333. The molecule has 0 amide bonds. The molecule has 1 aromatic carbocycles. The first-order valence-corrected chi connectivity index (χ1v) is 8.11. The zero-order valence-electron chi connectivity index (χ0n) is 14.6. The van der Waals surface area contributed by atoms with Crippen LogP contribution in [0.1, 0.15) is 0 Å². The predicted molar refractivity (Wildman–Crippen MR) is 97.1 cm³/mol. The highest BCUT2D eigenvalue weighted by Gasteiger charge is 2.34. The maximum Gasteiger partial charge on any atom is 0.330 e. The molecule has 0 bridgehead atoms. The fourth-order valence-corrected chi connectivity index (χ4v) is 3.17. The molecule has 0 atom stereocenters. The van der Waals surface area contributed by atoms with Crippen LogP contribution in [-0.2, 0) is 19.6 Å². The van der Waals surface area contributed by atoms with Gasteiger partial charge in [0.1, 0.15) is 5.54 Å². The van der Waals surface area contributed by atoms with Crippen molar-refractivity contribution in [3.8, 4) is 11.3 Å². The summed E-state index contributed by atoms with van der Waals surface area (Å²) >= 11 is 0. The first kappa shape index (κ1) is 18.1. The molecule has 138 valence electrons. The number of aromatic nitrogens is 3. The monoisotopic (exact) mass is 359 g/mol. The van der Waals surface area contributed by atoms with Crippen LogP contribution in [0.2, 0.25) is 0 Å². The van der Waals surface area contributed by atoms with Crippen LogP contribution < -0.4 is 11.2 Å². The third kappa shape index (κ3) is 2.42. The standard InChI is InChI=1S/C18H21N3O5/c1-19-13-8-21(18(9-22,10-23)11-24)15(12-6-4-3-5-7-12)14(13)16(25)20(2)17(19)26/h3-8,22-24H,9-11H2,1-2H3. The van der Waals surface area contributed by atoms with Gasteiger partial charge in [0.2, 0.25) is 0 Å². The van der Waals surface area contributed by atoms with E-state index in [0.717, 1.165) is 4.57 Å². The second-order valence-electron chi connectivity index (χ2n) is 6.38. The van der Waals surface area contributed by atoms with Crippen molar-refractivity contribution in [2.75, 3.05) is 19.8 Å². The lowest BCUT2D eigenvalue weighted by atomic mass is 10.0. The lowest BCUT2D eigenvalue weighted by molar-refractivity contribution is 0.0168. The number of aryl methyl sites for hydroxylation is 1. The van der Waals surface area contributed by atoms with Crippen LogP contribution in [0.4, 0.5) is 0 Å². The van der Waals surface area contributed by atoms with E-state index in [1.165, 1.54) is 22.4 Å². The van der Waals surface area contributed by atoms with E-state index in [1.807, 2.05) is 6.07 Å². The van der Waals surface area contributed by atoms with E-state index in [9.17, 15) is 24.9 Å². The van der Waals surface area contributed by atoms with E-state index in [4.69, 9.17) is 0 Å². The molecule has 2 heterocycles. The van der Waals surface area contributed by atoms with Crippen molar-refractivity contribution >= 4 is 10.9 Å². The SMILES string of the molecule is Cn1c(=O)c2c(-c3ccccc3)n(C(CO)(CO)CO)cc2n(C)c1=O. The molecule has 8 heteroatoms. The number of rotatable bonds is 5. The number of hydrogen-bond donors (Lipinski definition) is 3. The fourth-order valence-electron chi connectivity index (χ4n) is 3.17. The van der Waals surface area contributed by atoms with Crippen molar-refractivity contribution in [1.29, 1.82) is 0 Å². The zero-order valence-corrected chi connectivity index (χ0v) is 14.6. The maximum atomic E-state index is 12.8. The molecule has 0 aliphatic carbocycles. The predicted octanol–water partition coefficient (Wildman–Crippen LogP) is -0.622. The van der Waals surface area contributed by atoms with Crippen molar-refractivity contribution in [1.82, 2.24) is 13.7 Å². The maximum absolute atomic E-state index is 12.8. The minimum Gasteiger partial charge on any atom is -0.394 e. The summed E-state index contributed by atoms with van der Waals surface area (Å²) in [6, 6.07) is 8.98. The van der Waals surface area contributed by atoms with Gasteiger partial charge in [0, 0.05) is 20.3 Å². The highest BCUT2D eigenvalue weighted by atomic mass is 16.3. The molecule has 0 spiro atoms. The Kier molecular flexibility index (Phi) is 4.57. The van der Waals surface area contributed by atoms with E-state index in [1.54, 1.807) is 31.3 Å². The topological polar surface area (TPSA) is 110 Å². The minimum absolute atomic E-state index is 0.278. The Hall–Kier alpha value is -2.68. The molecule has 3 N–H and O–H groups in total. The highest BCUT2D eigenvalue weighted by molar-refractivity contribution is 5.93. The van der Waals surface area contributed by atoms with Gasteiger partial charge in [-0.1, -0.05) is 30.3 Å². The summed E-state index contributed by atoms with van der Waals surface area (Å²) in [5.41, 5.74) is -0.945. The summed E-state index contributed by atoms with van der Waals surface area (Å²) in [4.78, 5) is 25.1. The van der Waals surface area contributed by atoms with Crippen molar-refractivity contribution in [3.63, 3.8) is 0 Å². The Bertz CT molecular complexity index is 1050. The summed E-state index contributed by atoms with van der Waals surface area (Å²) in [6.45, 7) is -1.64. The third-order valence-electron chi connectivity index (χ3n) is 4.88. The van der Waals surface area contributed by atoms with Crippen LogP contribution in [0.15, 0.2) is 46.1 Å². The average Bonchev–Trinajstić information content (AvgIpc) is 3.08.